The number of hydrogen-bond acceptors (Lipinski definition) is 5. The van der Waals surface area contributed by atoms with Gasteiger partial charge in [0.2, 0.25) is 0 Å². The molecule has 0 radical (unpaired) electrons. The Morgan fingerprint density at radius 3 is 2.81 bits per heavy atom. The summed E-state index contributed by atoms with van der Waals surface area (Å²) < 4.78 is 13.3. The fourth-order valence-electron chi connectivity index (χ4n) is 4.61. The van der Waals surface area contributed by atoms with E-state index >= 15 is 0 Å². The SMILES string of the molecule is COCc1cc(CN2CCCC(c3ccc4c(C)nn(C)c4n3)C2)ccc1OC(C)C. The Kier molecular flexibility index (Phi) is 6.58. The molecule has 6 heteroatoms. The van der Waals surface area contributed by atoms with Crippen LogP contribution in [0.5, 0.6) is 5.75 Å². The summed E-state index contributed by atoms with van der Waals surface area (Å²) in [5.74, 6) is 1.37. The molecule has 1 atom stereocenters. The lowest BCUT2D eigenvalue weighted by Gasteiger charge is -2.32. The second-order valence-electron chi connectivity index (χ2n) is 8.93. The van der Waals surface area contributed by atoms with Crippen LogP contribution in [0.4, 0.5) is 0 Å². The monoisotopic (exact) mass is 422 g/mol. The van der Waals surface area contributed by atoms with Crippen molar-refractivity contribution in [2.45, 2.75) is 58.8 Å². The van der Waals surface area contributed by atoms with Crippen molar-refractivity contribution in [1.29, 1.82) is 0 Å². The Bertz CT molecular complexity index is 1040. The van der Waals surface area contributed by atoms with Gasteiger partial charge in [0, 0.05) is 49.8 Å². The van der Waals surface area contributed by atoms with Crippen molar-refractivity contribution < 1.29 is 9.47 Å². The molecule has 31 heavy (non-hydrogen) atoms. The summed E-state index contributed by atoms with van der Waals surface area (Å²) in [4.78, 5) is 7.52. The van der Waals surface area contributed by atoms with Crippen molar-refractivity contribution in [3.63, 3.8) is 0 Å². The smallest absolute Gasteiger partial charge is 0.158 e. The van der Waals surface area contributed by atoms with Gasteiger partial charge in [0.05, 0.1) is 18.4 Å². The van der Waals surface area contributed by atoms with Crippen molar-refractivity contribution >= 4 is 11.0 Å². The molecule has 2 aromatic heterocycles. The molecule has 1 unspecified atom stereocenters. The van der Waals surface area contributed by atoms with E-state index in [1.54, 1.807) is 7.11 Å². The van der Waals surface area contributed by atoms with E-state index in [2.05, 4.69) is 54.2 Å². The van der Waals surface area contributed by atoms with Crippen LogP contribution >= 0.6 is 0 Å². The number of rotatable bonds is 7. The van der Waals surface area contributed by atoms with E-state index in [1.807, 2.05) is 18.7 Å². The second kappa shape index (κ2) is 9.37. The summed E-state index contributed by atoms with van der Waals surface area (Å²) in [5, 5.41) is 5.67. The van der Waals surface area contributed by atoms with Crippen LogP contribution in [0, 0.1) is 6.92 Å². The van der Waals surface area contributed by atoms with Gasteiger partial charge in [0.25, 0.3) is 0 Å². The third kappa shape index (κ3) is 4.91. The first-order chi connectivity index (χ1) is 14.9. The minimum atomic E-state index is 0.150. The van der Waals surface area contributed by atoms with Gasteiger partial charge in [-0.3, -0.25) is 9.58 Å². The molecule has 166 valence electrons. The lowest BCUT2D eigenvalue weighted by atomic mass is 9.93. The molecule has 0 bridgehead atoms. The molecule has 0 amide bonds. The molecule has 0 saturated carbocycles. The largest absolute Gasteiger partial charge is 0.491 e. The van der Waals surface area contributed by atoms with Crippen molar-refractivity contribution in [2.24, 2.45) is 7.05 Å². The minimum Gasteiger partial charge on any atom is -0.491 e. The van der Waals surface area contributed by atoms with Crippen LogP contribution in [0.15, 0.2) is 30.3 Å². The molecule has 3 heterocycles. The van der Waals surface area contributed by atoms with Gasteiger partial charge in [-0.2, -0.15) is 5.10 Å². The molecule has 0 aliphatic carbocycles. The number of pyridine rings is 1. The van der Waals surface area contributed by atoms with Crippen LogP contribution in [0.3, 0.4) is 0 Å². The lowest BCUT2D eigenvalue weighted by molar-refractivity contribution is 0.174. The second-order valence-corrected chi connectivity index (χ2v) is 8.93. The first-order valence-corrected chi connectivity index (χ1v) is 11.2. The van der Waals surface area contributed by atoms with E-state index in [9.17, 15) is 0 Å². The van der Waals surface area contributed by atoms with Gasteiger partial charge in [-0.05, 0) is 70.0 Å². The van der Waals surface area contributed by atoms with Gasteiger partial charge < -0.3 is 9.47 Å². The fraction of sp³-hybridized carbons (Fsp3) is 0.520. The highest BCUT2D eigenvalue weighted by Crippen LogP contribution is 2.29. The van der Waals surface area contributed by atoms with Gasteiger partial charge in [-0.25, -0.2) is 4.98 Å². The number of benzene rings is 1. The van der Waals surface area contributed by atoms with E-state index in [0.717, 1.165) is 47.7 Å². The zero-order chi connectivity index (χ0) is 22.0. The van der Waals surface area contributed by atoms with Crippen molar-refractivity contribution in [2.75, 3.05) is 20.2 Å². The number of aromatic nitrogens is 3. The summed E-state index contributed by atoms with van der Waals surface area (Å²) >= 11 is 0. The van der Waals surface area contributed by atoms with Crippen LogP contribution < -0.4 is 4.74 Å². The average molecular weight is 423 g/mol. The highest BCUT2D eigenvalue weighted by molar-refractivity contribution is 5.78. The molecule has 0 N–H and O–H groups in total. The van der Waals surface area contributed by atoms with Gasteiger partial charge in [-0.15, -0.1) is 0 Å². The van der Waals surface area contributed by atoms with E-state index in [-0.39, 0.29) is 6.10 Å². The Labute approximate surface area is 185 Å². The van der Waals surface area contributed by atoms with Crippen molar-refractivity contribution in [3.8, 4) is 5.75 Å². The highest BCUT2D eigenvalue weighted by atomic mass is 16.5. The number of hydrogen-bond donors (Lipinski definition) is 0. The summed E-state index contributed by atoms with van der Waals surface area (Å²) in [6.07, 6.45) is 2.52. The van der Waals surface area contributed by atoms with Gasteiger partial charge in [-0.1, -0.05) is 6.07 Å². The number of aryl methyl sites for hydroxylation is 2. The predicted molar refractivity (Wildman–Crippen MR) is 123 cm³/mol. The molecule has 1 fully saturated rings. The van der Waals surface area contributed by atoms with Crippen molar-refractivity contribution in [3.05, 3.63) is 52.8 Å². The molecular formula is C25H34N4O2. The Balaban J connectivity index is 1.49. The summed E-state index contributed by atoms with van der Waals surface area (Å²) in [6.45, 7) is 9.79. The third-order valence-electron chi connectivity index (χ3n) is 6.01. The molecule has 1 saturated heterocycles. The standard InChI is InChI=1S/C25H34N4O2/c1-17(2)31-24-11-8-19(13-21(24)16-30-5)14-29-12-6-7-20(15-29)23-10-9-22-18(3)27-28(4)25(22)26-23/h8-11,13,17,20H,6-7,12,14-16H2,1-5H3. The molecule has 6 nitrogen and oxygen atoms in total. The molecule has 0 spiro atoms. The predicted octanol–water partition coefficient (Wildman–Crippen LogP) is 4.59. The first-order valence-electron chi connectivity index (χ1n) is 11.2. The highest BCUT2D eigenvalue weighted by Gasteiger charge is 2.23. The Morgan fingerprint density at radius 1 is 1.19 bits per heavy atom. The Hall–Kier alpha value is -2.44. The average Bonchev–Trinajstić information content (AvgIpc) is 3.03. The lowest BCUT2D eigenvalue weighted by Crippen LogP contribution is -2.34. The molecule has 3 aromatic rings. The zero-order valence-electron chi connectivity index (χ0n) is 19.4. The van der Waals surface area contributed by atoms with Crippen LogP contribution in [-0.4, -0.2) is 46.0 Å². The van der Waals surface area contributed by atoms with Gasteiger partial charge in [0.1, 0.15) is 5.75 Å². The van der Waals surface area contributed by atoms with Crippen LogP contribution in [-0.2, 0) is 24.9 Å². The zero-order valence-corrected chi connectivity index (χ0v) is 19.4. The van der Waals surface area contributed by atoms with E-state index < -0.39 is 0 Å². The number of ether oxygens (including phenoxy) is 2. The summed E-state index contributed by atoms with van der Waals surface area (Å²) in [7, 11) is 3.71. The van der Waals surface area contributed by atoms with E-state index in [4.69, 9.17) is 14.5 Å². The summed E-state index contributed by atoms with van der Waals surface area (Å²) in [5.41, 5.74) is 5.62. The molecule has 1 aliphatic heterocycles. The van der Waals surface area contributed by atoms with E-state index in [0.29, 0.717) is 12.5 Å². The number of nitrogens with zero attached hydrogens (tertiary/aromatic N) is 4. The minimum absolute atomic E-state index is 0.150. The number of likely N-dealkylation sites (tertiary alicyclic amines) is 1. The topological polar surface area (TPSA) is 52.4 Å². The summed E-state index contributed by atoms with van der Waals surface area (Å²) in [6, 6.07) is 10.9. The third-order valence-corrected chi connectivity index (χ3v) is 6.01. The number of piperidine rings is 1. The maximum absolute atomic E-state index is 5.96. The van der Waals surface area contributed by atoms with Crippen LogP contribution in [0.2, 0.25) is 0 Å². The number of fused-ring (bicyclic) bond motifs is 1. The maximum atomic E-state index is 5.96. The van der Waals surface area contributed by atoms with Crippen LogP contribution in [0.25, 0.3) is 11.0 Å². The van der Waals surface area contributed by atoms with Gasteiger partial charge >= 0.3 is 0 Å². The quantitative estimate of drug-likeness (QED) is 0.557. The molecular weight excluding hydrogens is 388 g/mol. The van der Waals surface area contributed by atoms with Gasteiger partial charge in [0.15, 0.2) is 5.65 Å². The fourth-order valence-corrected chi connectivity index (χ4v) is 4.61. The Morgan fingerprint density at radius 2 is 2.03 bits per heavy atom. The number of methoxy groups -OCH3 is 1. The molecule has 4 rings (SSSR count). The molecule has 1 aliphatic rings. The normalized spacial score (nSPS) is 17.5. The van der Waals surface area contributed by atoms with Crippen LogP contribution in [0.1, 0.15) is 55.1 Å². The molecule has 1 aromatic carbocycles. The first kappa shape index (κ1) is 21.8. The van der Waals surface area contributed by atoms with E-state index in [1.165, 1.54) is 24.1 Å². The maximum Gasteiger partial charge on any atom is 0.158 e. The van der Waals surface area contributed by atoms with Crippen molar-refractivity contribution in [1.82, 2.24) is 19.7 Å².